The SMILES string of the molecule is Clc1ccccc1COc1cccc(O[B]Oc2cccc(OCc3ccccc3Cl)c2)c1. The van der Waals surface area contributed by atoms with Crippen LogP contribution in [-0.4, -0.2) is 7.69 Å². The zero-order valence-electron chi connectivity index (χ0n) is 17.6. The molecule has 165 valence electrons. The third kappa shape index (κ3) is 6.85. The van der Waals surface area contributed by atoms with Gasteiger partial charge in [0.2, 0.25) is 0 Å². The van der Waals surface area contributed by atoms with E-state index in [4.69, 9.17) is 42.0 Å². The summed E-state index contributed by atoms with van der Waals surface area (Å²) in [5.41, 5.74) is 1.83. The molecule has 4 aromatic rings. The van der Waals surface area contributed by atoms with Gasteiger partial charge in [0.25, 0.3) is 0 Å². The van der Waals surface area contributed by atoms with Gasteiger partial charge in [0, 0.05) is 33.3 Å². The quantitative estimate of drug-likeness (QED) is 0.227. The summed E-state index contributed by atoms with van der Waals surface area (Å²) >= 11 is 12.4. The van der Waals surface area contributed by atoms with Gasteiger partial charge in [-0.05, 0) is 36.4 Å². The van der Waals surface area contributed by atoms with Gasteiger partial charge in [-0.3, -0.25) is 0 Å². The Balaban J connectivity index is 1.27. The van der Waals surface area contributed by atoms with Crippen molar-refractivity contribution in [2.75, 3.05) is 0 Å². The molecule has 0 aliphatic heterocycles. The number of rotatable bonds is 10. The minimum absolute atomic E-state index is 0.365. The number of benzene rings is 4. The van der Waals surface area contributed by atoms with Crippen LogP contribution in [0.4, 0.5) is 0 Å². The Morgan fingerprint density at radius 3 is 1.39 bits per heavy atom. The van der Waals surface area contributed by atoms with Crippen LogP contribution < -0.4 is 18.8 Å². The van der Waals surface area contributed by atoms with Gasteiger partial charge in [0.15, 0.2) is 0 Å². The third-order valence-corrected chi connectivity index (χ3v) is 5.42. The van der Waals surface area contributed by atoms with Gasteiger partial charge >= 0.3 is 7.69 Å². The van der Waals surface area contributed by atoms with E-state index < -0.39 is 0 Å². The molecule has 0 unspecified atom stereocenters. The van der Waals surface area contributed by atoms with E-state index in [-0.39, 0.29) is 0 Å². The minimum atomic E-state index is 0.365. The van der Waals surface area contributed by atoms with E-state index in [0.29, 0.717) is 46.3 Å². The van der Waals surface area contributed by atoms with Gasteiger partial charge in [-0.2, -0.15) is 0 Å². The fourth-order valence-corrected chi connectivity index (χ4v) is 3.34. The maximum atomic E-state index is 6.18. The summed E-state index contributed by atoms with van der Waals surface area (Å²) in [6, 6.07) is 29.7. The first-order valence-electron chi connectivity index (χ1n) is 10.2. The lowest BCUT2D eigenvalue weighted by atomic mass is 10.2. The summed E-state index contributed by atoms with van der Waals surface area (Å²) < 4.78 is 22.8. The first-order valence-corrected chi connectivity index (χ1v) is 11.0. The summed E-state index contributed by atoms with van der Waals surface area (Å²) in [6.07, 6.45) is 0. The van der Waals surface area contributed by atoms with Crippen molar-refractivity contribution in [1.82, 2.24) is 0 Å². The molecule has 7 heteroatoms. The van der Waals surface area contributed by atoms with Crippen molar-refractivity contribution >= 4 is 30.9 Å². The Labute approximate surface area is 203 Å². The zero-order valence-corrected chi connectivity index (χ0v) is 19.1. The van der Waals surface area contributed by atoms with Crippen LogP contribution in [0.3, 0.4) is 0 Å². The Bertz CT molecular complexity index is 1110. The summed E-state index contributed by atoms with van der Waals surface area (Å²) in [7, 11) is 1.26. The monoisotopic (exact) mass is 477 g/mol. The molecule has 1 radical (unpaired) electrons. The van der Waals surface area contributed by atoms with E-state index in [0.717, 1.165) is 11.1 Å². The van der Waals surface area contributed by atoms with E-state index in [1.54, 1.807) is 12.1 Å². The number of hydrogen-bond donors (Lipinski definition) is 0. The highest BCUT2D eigenvalue weighted by molar-refractivity contribution is 6.31. The zero-order chi connectivity index (χ0) is 22.9. The van der Waals surface area contributed by atoms with Crippen LogP contribution in [0, 0.1) is 0 Å². The second-order valence-corrected chi connectivity index (χ2v) is 7.86. The van der Waals surface area contributed by atoms with E-state index in [2.05, 4.69) is 0 Å². The topological polar surface area (TPSA) is 36.9 Å². The Morgan fingerprint density at radius 2 is 0.939 bits per heavy atom. The van der Waals surface area contributed by atoms with Crippen LogP contribution >= 0.6 is 23.2 Å². The van der Waals surface area contributed by atoms with Crippen molar-refractivity contribution < 1.29 is 18.8 Å². The molecule has 33 heavy (non-hydrogen) atoms. The van der Waals surface area contributed by atoms with Crippen molar-refractivity contribution in [3.05, 3.63) is 118 Å². The smallest absolute Gasteiger partial charge is 0.526 e. The van der Waals surface area contributed by atoms with Crippen LogP contribution in [0.15, 0.2) is 97.1 Å². The van der Waals surface area contributed by atoms with Crippen LogP contribution in [0.2, 0.25) is 10.0 Å². The normalized spacial score (nSPS) is 10.4. The van der Waals surface area contributed by atoms with Gasteiger partial charge in [-0.15, -0.1) is 0 Å². The van der Waals surface area contributed by atoms with E-state index in [9.17, 15) is 0 Å². The van der Waals surface area contributed by atoms with E-state index in [1.807, 2.05) is 84.9 Å². The van der Waals surface area contributed by atoms with Crippen LogP contribution in [-0.2, 0) is 13.2 Å². The summed E-state index contributed by atoms with van der Waals surface area (Å²) in [4.78, 5) is 0. The fourth-order valence-electron chi connectivity index (χ4n) is 2.96. The highest BCUT2D eigenvalue weighted by Crippen LogP contribution is 2.24. The standard InChI is InChI=1S/C26H20BCl2O4/c28-25-13-3-1-7-19(25)17-30-21-9-5-11-23(15-21)32-27-33-24-12-6-10-22(16-24)31-18-20-8-2-4-14-26(20)29/h1-16H,17-18H2. The average molecular weight is 478 g/mol. The molecule has 0 fully saturated rings. The third-order valence-electron chi connectivity index (χ3n) is 4.68. The molecule has 4 rings (SSSR count). The average Bonchev–Trinajstić information content (AvgIpc) is 2.84. The molecule has 4 nitrogen and oxygen atoms in total. The number of ether oxygens (including phenoxy) is 2. The minimum Gasteiger partial charge on any atom is -0.526 e. The molecule has 0 spiro atoms. The Kier molecular flexibility index (Phi) is 8.02. The van der Waals surface area contributed by atoms with Crippen molar-refractivity contribution in [1.29, 1.82) is 0 Å². The molecule has 0 amide bonds. The molecule has 0 atom stereocenters. The molecule has 4 aromatic carbocycles. The first kappa shape index (κ1) is 22.9. The second kappa shape index (κ2) is 11.5. The Morgan fingerprint density at radius 1 is 0.515 bits per heavy atom. The summed E-state index contributed by atoms with van der Waals surface area (Å²) in [5, 5.41) is 1.34. The van der Waals surface area contributed by atoms with E-state index >= 15 is 0 Å². The predicted molar refractivity (Wildman–Crippen MR) is 131 cm³/mol. The predicted octanol–water partition coefficient (Wildman–Crippen LogP) is 7.14. The largest absolute Gasteiger partial charge is 0.658 e. The molecular weight excluding hydrogens is 458 g/mol. The molecular formula is C26H20BCl2O4. The Hall–Kier alpha value is -3.28. The lowest BCUT2D eigenvalue weighted by Gasteiger charge is -2.11. The maximum Gasteiger partial charge on any atom is 0.658 e. The van der Waals surface area contributed by atoms with Crippen molar-refractivity contribution in [2.24, 2.45) is 0 Å². The molecule has 0 heterocycles. The van der Waals surface area contributed by atoms with Gasteiger partial charge in [-0.1, -0.05) is 71.7 Å². The molecule has 0 bridgehead atoms. The molecule has 0 saturated heterocycles. The van der Waals surface area contributed by atoms with Gasteiger partial charge in [0.1, 0.15) is 36.2 Å². The van der Waals surface area contributed by atoms with E-state index in [1.165, 1.54) is 7.69 Å². The molecule has 0 aliphatic rings. The lowest BCUT2D eigenvalue weighted by Crippen LogP contribution is -2.11. The fraction of sp³-hybridized carbons (Fsp3) is 0.0769. The molecule has 0 aliphatic carbocycles. The summed E-state index contributed by atoms with van der Waals surface area (Å²) in [6.45, 7) is 0.731. The number of hydrogen-bond acceptors (Lipinski definition) is 4. The van der Waals surface area contributed by atoms with Crippen molar-refractivity contribution in [2.45, 2.75) is 13.2 Å². The van der Waals surface area contributed by atoms with Gasteiger partial charge < -0.3 is 18.8 Å². The van der Waals surface area contributed by atoms with Crippen molar-refractivity contribution in [3.8, 4) is 23.0 Å². The van der Waals surface area contributed by atoms with Crippen LogP contribution in [0.5, 0.6) is 23.0 Å². The molecule has 0 N–H and O–H groups in total. The molecule has 0 aromatic heterocycles. The second-order valence-electron chi connectivity index (χ2n) is 7.04. The lowest BCUT2D eigenvalue weighted by molar-refractivity contribution is 0.304. The summed E-state index contributed by atoms with van der Waals surface area (Å²) in [5.74, 6) is 2.49. The molecule has 0 saturated carbocycles. The first-order chi connectivity index (χ1) is 16.2. The van der Waals surface area contributed by atoms with Crippen molar-refractivity contribution in [3.63, 3.8) is 0 Å². The number of halogens is 2. The van der Waals surface area contributed by atoms with Crippen LogP contribution in [0.25, 0.3) is 0 Å². The van der Waals surface area contributed by atoms with Crippen LogP contribution in [0.1, 0.15) is 11.1 Å². The highest BCUT2D eigenvalue weighted by atomic mass is 35.5. The highest BCUT2D eigenvalue weighted by Gasteiger charge is 2.06. The van der Waals surface area contributed by atoms with Gasteiger partial charge in [-0.25, -0.2) is 0 Å². The van der Waals surface area contributed by atoms with Gasteiger partial charge in [0.05, 0.1) is 0 Å². The maximum absolute atomic E-state index is 6.18.